The van der Waals surface area contributed by atoms with Crippen LogP contribution in [-0.4, -0.2) is 41.6 Å². The van der Waals surface area contributed by atoms with Crippen molar-refractivity contribution in [1.82, 2.24) is 14.2 Å². The number of benzene rings is 1. The van der Waals surface area contributed by atoms with E-state index >= 15 is 0 Å². The number of hydrogen-bond acceptors (Lipinski definition) is 5. The molecule has 32 heavy (non-hydrogen) atoms. The molecule has 1 unspecified atom stereocenters. The van der Waals surface area contributed by atoms with E-state index in [-0.39, 0.29) is 17.3 Å². The Morgan fingerprint density at radius 1 is 1.16 bits per heavy atom. The van der Waals surface area contributed by atoms with Crippen LogP contribution in [0.4, 0.5) is 0 Å². The molecule has 9 heteroatoms. The van der Waals surface area contributed by atoms with Gasteiger partial charge in [-0.1, -0.05) is 17.7 Å². The van der Waals surface area contributed by atoms with Gasteiger partial charge in [0, 0.05) is 37.1 Å². The fourth-order valence-corrected chi connectivity index (χ4v) is 5.54. The average molecular weight is 474 g/mol. The van der Waals surface area contributed by atoms with E-state index in [1.807, 2.05) is 18.2 Å². The SMILES string of the molecule is O=C(C1CCCN(S(=O)(=O)c2ccc(Cl)cc2)C1)N(Cc1cccnc1)Cc1ccco1. The summed E-state index contributed by atoms with van der Waals surface area (Å²) in [5.74, 6) is 0.141. The number of carbonyl (C=O) groups excluding carboxylic acids is 1. The minimum absolute atomic E-state index is 0.0961. The highest BCUT2D eigenvalue weighted by atomic mass is 35.5. The molecule has 1 fully saturated rings. The predicted molar refractivity (Wildman–Crippen MR) is 120 cm³/mol. The average Bonchev–Trinajstić information content (AvgIpc) is 3.32. The Labute approximate surface area is 192 Å². The van der Waals surface area contributed by atoms with Crippen LogP contribution in [0.15, 0.2) is 76.5 Å². The highest BCUT2D eigenvalue weighted by Gasteiger charge is 2.35. The van der Waals surface area contributed by atoms with Gasteiger partial charge in [0.2, 0.25) is 15.9 Å². The van der Waals surface area contributed by atoms with Crippen molar-refractivity contribution in [3.05, 3.63) is 83.5 Å². The second kappa shape index (κ2) is 9.85. The summed E-state index contributed by atoms with van der Waals surface area (Å²) in [4.78, 5) is 19.5. The summed E-state index contributed by atoms with van der Waals surface area (Å²) in [7, 11) is -3.70. The zero-order valence-electron chi connectivity index (χ0n) is 17.4. The first kappa shape index (κ1) is 22.5. The van der Waals surface area contributed by atoms with Crippen molar-refractivity contribution in [2.24, 2.45) is 5.92 Å². The van der Waals surface area contributed by atoms with Crippen LogP contribution < -0.4 is 0 Å². The molecule has 0 aliphatic carbocycles. The van der Waals surface area contributed by atoms with Crippen LogP contribution in [-0.2, 0) is 27.9 Å². The van der Waals surface area contributed by atoms with E-state index in [4.69, 9.17) is 16.0 Å². The van der Waals surface area contributed by atoms with Crippen LogP contribution in [0.3, 0.4) is 0 Å². The van der Waals surface area contributed by atoms with E-state index in [2.05, 4.69) is 4.98 Å². The maximum Gasteiger partial charge on any atom is 0.243 e. The summed E-state index contributed by atoms with van der Waals surface area (Å²) in [5.41, 5.74) is 0.897. The molecule has 1 saturated heterocycles. The molecule has 1 atom stereocenters. The lowest BCUT2D eigenvalue weighted by Crippen LogP contribution is -2.46. The van der Waals surface area contributed by atoms with Gasteiger partial charge in [0.1, 0.15) is 5.76 Å². The van der Waals surface area contributed by atoms with Crippen molar-refractivity contribution in [2.75, 3.05) is 13.1 Å². The van der Waals surface area contributed by atoms with Crippen molar-refractivity contribution in [2.45, 2.75) is 30.8 Å². The summed E-state index contributed by atoms with van der Waals surface area (Å²) in [6.45, 7) is 1.20. The van der Waals surface area contributed by atoms with Gasteiger partial charge in [-0.05, 0) is 60.9 Å². The molecule has 1 aromatic carbocycles. The Morgan fingerprint density at radius 3 is 2.66 bits per heavy atom. The molecule has 7 nitrogen and oxygen atoms in total. The lowest BCUT2D eigenvalue weighted by Gasteiger charge is -2.34. The third-order valence-electron chi connectivity index (χ3n) is 5.52. The number of nitrogens with zero attached hydrogens (tertiary/aromatic N) is 3. The number of sulfonamides is 1. The smallest absolute Gasteiger partial charge is 0.243 e. The number of halogens is 1. The number of furan rings is 1. The zero-order valence-corrected chi connectivity index (χ0v) is 19.0. The summed E-state index contributed by atoms with van der Waals surface area (Å²) in [5, 5.41) is 0.472. The number of rotatable bonds is 7. The predicted octanol–water partition coefficient (Wildman–Crippen LogP) is 3.96. The Bertz CT molecular complexity index is 1140. The van der Waals surface area contributed by atoms with Crippen LogP contribution in [0, 0.1) is 5.92 Å². The highest BCUT2D eigenvalue weighted by Crippen LogP contribution is 2.27. The van der Waals surface area contributed by atoms with Crippen LogP contribution >= 0.6 is 11.6 Å². The summed E-state index contributed by atoms with van der Waals surface area (Å²) in [6.07, 6.45) is 6.23. The monoisotopic (exact) mass is 473 g/mol. The molecule has 1 aliphatic rings. The van der Waals surface area contributed by atoms with Crippen molar-refractivity contribution in [3.63, 3.8) is 0 Å². The second-order valence-electron chi connectivity index (χ2n) is 7.79. The van der Waals surface area contributed by atoms with Crippen molar-refractivity contribution in [1.29, 1.82) is 0 Å². The minimum Gasteiger partial charge on any atom is -0.467 e. The highest BCUT2D eigenvalue weighted by molar-refractivity contribution is 7.89. The van der Waals surface area contributed by atoms with Gasteiger partial charge in [-0.2, -0.15) is 4.31 Å². The molecule has 3 aromatic rings. The summed E-state index contributed by atoms with van der Waals surface area (Å²) < 4.78 is 33.1. The largest absolute Gasteiger partial charge is 0.467 e. The molecule has 0 N–H and O–H groups in total. The number of aromatic nitrogens is 1. The van der Waals surface area contributed by atoms with Crippen molar-refractivity contribution >= 4 is 27.5 Å². The molecule has 1 amide bonds. The number of piperidine rings is 1. The zero-order chi connectivity index (χ0) is 22.6. The third kappa shape index (κ3) is 5.20. The standard InChI is InChI=1S/C23H24ClN3O4S/c24-20-7-9-22(10-8-20)32(29,30)27-12-2-5-19(16-27)23(28)26(17-21-6-3-13-31-21)15-18-4-1-11-25-14-18/h1,3-4,6-11,13-14,19H,2,5,12,15-17H2. The molecule has 0 bridgehead atoms. The first-order chi connectivity index (χ1) is 15.4. The Hall–Kier alpha value is -2.68. The quantitative estimate of drug-likeness (QED) is 0.518. The summed E-state index contributed by atoms with van der Waals surface area (Å²) in [6, 6.07) is 13.4. The lowest BCUT2D eigenvalue weighted by atomic mass is 9.97. The molecule has 0 saturated carbocycles. The number of carbonyl (C=O) groups is 1. The van der Waals surface area contributed by atoms with E-state index in [0.717, 1.165) is 5.56 Å². The molecule has 3 heterocycles. The van der Waals surface area contributed by atoms with E-state index in [9.17, 15) is 13.2 Å². The van der Waals surface area contributed by atoms with Gasteiger partial charge in [0.25, 0.3) is 0 Å². The van der Waals surface area contributed by atoms with E-state index < -0.39 is 15.9 Å². The number of amides is 1. The third-order valence-corrected chi connectivity index (χ3v) is 7.65. The Kier molecular flexibility index (Phi) is 6.93. The van der Waals surface area contributed by atoms with Gasteiger partial charge >= 0.3 is 0 Å². The van der Waals surface area contributed by atoms with Gasteiger partial charge in [0.15, 0.2) is 0 Å². The van der Waals surface area contributed by atoms with Crippen molar-refractivity contribution < 1.29 is 17.6 Å². The maximum atomic E-state index is 13.5. The van der Waals surface area contributed by atoms with Crippen LogP contribution in [0.5, 0.6) is 0 Å². The maximum absolute atomic E-state index is 13.5. The van der Waals surface area contributed by atoms with Gasteiger partial charge in [-0.25, -0.2) is 8.42 Å². The normalized spacial score (nSPS) is 17.2. The fourth-order valence-electron chi connectivity index (χ4n) is 3.89. The molecule has 2 aromatic heterocycles. The molecular weight excluding hydrogens is 450 g/mol. The Morgan fingerprint density at radius 2 is 1.97 bits per heavy atom. The minimum atomic E-state index is -3.70. The van der Waals surface area contributed by atoms with Crippen LogP contribution in [0.25, 0.3) is 0 Å². The molecule has 168 valence electrons. The first-order valence-corrected chi connectivity index (χ1v) is 12.2. The summed E-state index contributed by atoms with van der Waals surface area (Å²) >= 11 is 5.90. The van der Waals surface area contributed by atoms with E-state index in [1.165, 1.54) is 16.4 Å². The number of hydrogen-bond donors (Lipinski definition) is 0. The first-order valence-electron chi connectivity index (χ1n) is 10.4. The molecule has 0 radical (unpaired) electrons. The van der Waals surface area contributed by atoms with E-state index in [0.29, 0.717) is 43.3 Å². The van der Waals surface area contributed by atoms with Crippen molar-refractivity contribution in [3.8, 4) is 0 Å². The fraction of sp³-hybridized carbons (Fsp3) is 0.304. The number of pyridine rings is 1. The lowest BCUT2D eigenvalue weighted by molar-refractivity contribution is -0.138. The van der Waals surface area contributed by atoms with Gasteiger partial charge in [0.05, 0.1) is 23.6 Å². The van der Waals surface area contributed by atoms with Gasteiger partial charge in [-0.3, -0.25) is 9.78 Å². The van der Waals surface area contributed by atoms with Crippen LogP contribution in [0.2, 0.25) is 5.02 Å². The topological polar surface area (TPSA) is 83.7 Å². The molecule has 4 rings (SSSR count). The molecule has 1 aliphatic heterocycles. The van der Waals surface area contributed by atoms with Gasteiger partial charge in [-0.15, -0.1) is 0 Å². The van der Waals surface area contributed by atoms with Gasteiger partial charge < -0.3 is 9.32 Å². The Balaban J connectivity index is 1.53. The second-order valence-corrected chi connectivity index (χ2v) is 10.2. The van der Waals surface area contributed by atoms with E-state index in [1.54, 1.807) is 41.8 Å². The van der Waals surface area contributed by atoms with Crippen LogP contribution in [0.1, 0.15) is 24.2 Å². The molecular formula is C23H24ClN3O4S. The molecule has 0 spiro atoms.